The number of fused-ring (bicyclic) bond motifs is 3. The predicted octanol–water partition coefficient (Wildman–Crippen LogP) is 1.59. The minimum Gasteiger partial charge on any atom is -0.504 e. The molecular formula is C28H24N2O11S. The van der Waals surface area contributed by atoms with Crippen LogP contribution in [0.1, 0.15) is 20.7 Å². The third kappa shape index (κ3) is 4.35. The summed E-state index contributed by atoms with van der Waals surface area (Å²) in [5.74, 6) is -4.01. The van der Waals surface area contributed by atoms with E-state index in [4.69, 9.17) is 18.9 Å². The van der Waals surface area contributed by atoms with Gasteiger partial charge in [0, 0.05) is 18.2 Å². The molecular weight excluding hydrogens is 572 g/mol. The second kappa shape index (κ2) is 10.9. The number of benzene rings is 2. The van der Waals surface area contributed by atoms with Gasteiger partial charge < -0.3 is 29.2 Å². The Hall–Kier alpha value is -4.82. The maximum atomic E-state index is 13.4. The zero-order valence-corrected chi connectivity index (χ0v) is 23.2. The number of thioether (sulfide) groups is 1. The maximum absolute atomic E-state index is 13.4. The average molecular weight is 597 g/mol. The molecule has 4 atom stereocenters. The molecule has 2 aromatic rings. The number of nitrogens with zero attached hydrogens (tertiary/aromatic N) is 2. The number of carbonyl (C=O) groups excluding carboxylic acids is 5. The highest BCUT2D eigenvalue weighted by Gasteiger charge is 2.69. The number of ether oxygens (including phenoxy) is 4. The van der Waals surface area contributed by atoms with Gasteiger partial charge in [-0.05, 0) is 48.7 Å². The van der Waals surface area contributed by atoms with E-state index in [-0.39, 0.29) is 39.7 Å². The lowest BCUT2D eigenvalue weighted by molar-refractivity contribution is -0.170. The molecule has 3 heterocycles. The van der Waals surface area contributed by atoms with Gasteiger partial charge in [-0.25, -0.2) is 4.79 Å². The van der Waals surface area contributed by atoms with Crippen LogP contribution < -0.4 is 9.47 Å². The van der Waals surface area contributed by atoms with Crippen molar-refractivity contribution in [2.24, 2.45) is 0 Å². The van der Waals surface area contributed by atoms with Crippen molar-refractivity contribution in [3.8, 4) is 23.0 Å². The van der Waals surface area contributed by atoms with Gasteiger partial charge in [0.1, 0.15) is 24.5 Å². The molecule has 0 unspecified atom stereocenters. The molecule has 2 fully saturated rings. The number of aromatic hydroxyl groups is 1. The number of methoxy groups -OCH3 is 1. The van der Waals surface area contributed by atoms with E-state index >= 15 is 0 Å². The van der Waals surface area contributed by atoms with E-state index in [2.05, 4.69) is 0 Å². The molecule has 0 aliphatic carbocycles. The number of amides is 3. The van der Waals surface area contributed by atoms with Crippen LogP contribution in [-0.4, -0.2) is 93.5 Å². The minimum absolute atomic E-state index is 0.00810. The summed E-state index contributed by atoms with van der Waals surface area (Å²) in [5.41, 5.74) is 0.257. The van der Waals surface area contributed by atoms with E-state index in [0.717, 1.165) is 30.0 Å². The Labute approximate surface area is 242 Å². The van der Waals surface area contributed by atoms with Crippen LogP contribution in [0.15, 0.2) is 60.6 Å². The van der Waals surface area contributed by atoms with Crippen molar-refractivity contribution < 1.29 is 53.1 Å². The Balaban J connectivity index is 1.49. The molecule has 3 aliphatic rings. The van der Waals surface area contributed by atoms with Crippen molar-refractivity contribution in [3.05, 3.63) is 71.7 Å². The summed E-state index contributed by atoms with van der Waals surface area (Å²) in [4.78, 5) is 63.5. The molecule has 0 radical (unpaired) electrons. The zero-order chi connectivity index (χ0) is 30.3. The van der Waals surface area contributed by atoms with E-state index in [1.165, 1.54) is 62.1 Å². The highest BCUT2D eigenvalue weighted by atomic mass is 32.2. The van der Waals surface area contributed by atoms with Gasteiger partial charge in [-0.2, -0.15) is 0 Å². The van der Waals surface area contributed by atoms with E-state index in [9.17, 15) is 34.2 Å². The lowest BCUT2D eigenvalue weighted by Crippen LogP contribution is -2.70. The molecule has 5 rings (SSSR count). The number of hydrogen-bond donors (Lipinski definition) is 2. The molecule has 2 N–H and O–H groups in total. The standard InChI is InChI=1S/C28H24N2O11S/c1-29-24(34)25(35)30-22-16(23(33)28(30,42-3)27(29)37)13-39-9-8-19(22)41-26(36)15-5-7-18(38-2)21(11-15)40-20-10-14(12-31)4-6-17(20)32/h4-13,19,22-23,32-33H,1-3H3/t19-,22+,23+,28+/m0/s1. The van der Waals surface area contributed by atoms with Gasteiger partial charge in [-0.3, -0.25) is 29.0 Å². The van der Waals surface area contributed by atoms with Crippen LogP contribution in [0.3, 0.4) is 0 Å². The molecule has 218 valence electrons. The predicted molar refractivity (Wildman–Crippen MR) is 145 cm³/mol. The van der Waals surface area contributed by atoms with Crippen LogP contribution in [0.4, 0.5) is 0 Å². The fourth-order valence-electron chi connectivity index (χ4n) is 5.05. The number of phenolic OH excluding ortho intramolecular Hbond substituents is 1. The van der Waals surface area contributed by atoms with Crippen molar-refractivity contribution in [2.75, 3.05) is 20.4 Å². The number of aliphatic hydroxyl groups is 1. The number of carbonyl (C=O) groups is 5. The summed E-state index contributed by atoms with van der Waals surface area (Å²) >= 11 is 0.868. The van der Waals surface area contributed by atoms with Crippen molar-refractivity contribution in [1.82, 2.24) is 9.80 Å². The number of rotatable bonds is 7. The number of esters is 1. The summed E-state index contributed by atoms with van der Waals surface area (Å²) in [6.07, 6.45) is 2.87. The first-order valence-corrected chi connectivity index (χ1v) is 13.6. The minimum atomic E-state index is -1.89. The Morgan fingerprint density at radius 2 is 1.86 bits per heavy atom. The van der Waals surface area contributed by atoms with Crippen LogP contribution in [0, 0.1) is 0 Å². The first-order chi connectivity index (χ1) is 20.1. The van der Waals surface area contributed by atoms with E-state index in [1.807, 2.05) is 0 Å². The van der Waals surface area contributed by atoms with Crippen molar-refractivity contribution >= 4 is 41.7 Å². The van der Waals surface area contributed by atoms with E-state index in [0.29, 0.717) is 11.2 Å². The van der Waals surface area contributed by atoms with Crippen LogP contribution in [0.25, 0.3) is 0 Å². The SMILES string of the molecule is COc1ccc(C(=O)O[C@H]2C=COC=C3[C@H]2N2C(=O)C(=O)N(C)C(=O)[C@]2(SC)[C@@H]3O)cc1Oc1cc(C=O)ccc1O. The highest BCUT2D eigenvalue weighted by Crippen LogP contribution is 2.50. The Bertz CT molecular complexity index is 1570. The van der Waals surface area contributed by atoms with Crippen molar-refractivity contribution in [3.63, 3.8) is 0 Å². The summed E-state index contributed by atoms with van der Waals surface area (Å²) in [6.45, 7) is 0. The third-order valence-electron chi connectivity index (χ3n) is 7.14. The van der Waals surface area contributed by atoms with E-state index < -0.39 is 46.8 Å². The van der Waals surface area contributed by atoms with Crippen LogP contribution in [-0.2, 0) is 23.9 Å². The summed E-state index contributed by atoms with van der Waals surface area (Å²) in [5, 5.41) is 21.5. The Kier molecular flexibility index (Phi) is 7.43. The van der Waals surface area contributed by atoms with Gasteiger partial charge in [-0.1, -0.05) is 0 Å². The molecule has 42 heavy (non-hydrogen) atoms. The van der Waals surface area contributed by atoms with Gasteiger partial charge in [-0.15, -0.1) is 11.8 Å². The van der Waals surface area contributed by atoms with Gasteiger partial charge in [0.25, 0.3) is 5.91 Å². The fourth-order valence-corrected chi connectivity index (χ4v) is 6.11. The van der Waals surface area contributed by atoms with Gasteiger partial charge in [0.2, 0.25) is 0 Å². The van der Waals surface area contributed by atoms with Gasteiger partial charge in [0.05, 0.1) is 25.2 Å². The number of imide groups is 1. The number of likely N-dealkylation sites (N-methyl/N-ethyl adjacent to an activating group) is 1. The van der Waals surface area contributed by atoms with E-state index in [1.54, 1.807) is 0 Å². The summed E-state index contributed by atoms with van der Waals surface area (Å²) < 4.78 is 22.1. The quantitative estimate of drug-likeness (QED) is 0.205. The van der Waals surface area contributed by atoms with Crippen molar-refractivity contribution in [1.29, 1.82) is 0 Å². The van der Waals surface area contributed by atoms with Crippen LogP contribution in [0.2, 0.25) is 0 Å². The van der Waals surface area contributed by atoms with Gasteiger partial charge >= 0.3 is 17.8 Å². The first kappa shape index (κ1) is 28.7. The number of aliphatic hydroxyl groups excluding tert-OH is 1. The molecule has 2 saturated heterocycles. The van der Waals surface area contributed by atoms with Crippen molar-refractivity contribution in [2.45, 2.75) is 23.1 Å². The summed E-state index contributed by atoms with van der Waals surface area (Å²) in [7, 11) is 2.52. The normalized spacial score (nSPS) is 24.7. The number of hydrogen-bond acceptors (Lipinski definition) is 12. The summed E-state index contributed by atoms with van der Waals surface area (Å²) in [6, 6.07) is 6.80. The van der Waals surface area contributed by atoms with Crippen LogP contribution >= 0.6 is 11.8 Å². The number of piperazine rings is 1. The monoisotopic (exact) mass is 596 g/mol. The first-order valence-electron chi connectivity index (χ1n) is 12.3. The lowest BCUT2D eigenvalue weighted by atomic mass is 10.0. The highest BCUT2D eigenvalue weighted by molar-refractivity contribution is 8.00. The molecule has 3 amide bonds. The molecule has 2 aromatic carbocycles. The Morgan fingerprint density at radius 3 is 2.55 bits per heavy atom. The maximum Gasteiger partial charge on any atom is 0.338 e. The zero-order valence-electron chi connectivity index (χ0n) is 22.4. The topological polar surface area (TPSA) is 169 Å². The number of aldehydes is 1. The molecule has 13 nitrogen and oxygen atoms in total. The average Bonchev–Trinajstić information content (AvgIpc) is 3.10. The molecule has 0 bridgehead atoms. The largest absolute Gasteiger partial charge is 0.504 e. The second-order valence-corrected chi connectivity index (χ2v) is 10.4. The molecule has 3 aliphatic heterocycles. The lowest BCUT2D eigenvalue weighted by Gasteiger charge is -2.44. The Morgan fingerprint density at radius 1 is 1.10 bits per heavy atom. The third-order valence-corrected chi connectivity index (χ3v) is 8.35. The fraction of sp³-hybridized carbons (Fsp3) is 0.250. The number of phenols is 1. The molecule has 0 spiro atoms. The second-order valence-electron chi connectivity index (χ2n) is 9.36. The van der Waals surface area contributed by atoms with Gasteiger partial charge in [0.15, 0.2) is 27.9 Å². The molecule has 14 heteroatoms. The van der Waals surface area contributed by atoms with Crippen LogP contribution in [0.5, 0.6) is 23.0 Å². The molecule has 0 saturated carbocycles. The smallest absolute Gasteiger partial charge is 0.338 e. The molecule has 0 aromatic heterocycles.